The molecule has 0 unspecified atom stereocenters. The van der Waals surface area contributed by atoms with Crippen LogP contribution < -0.4 is 16.4 Å². The van der Waals surface area contributed by atoms with Gasteiger partial charge in [0.15, 0.2) is 0 Å². The molecule has 0 saturated carbocycles. The minimum Gasteiger partial charge on any atom is -0.480 e. The van der Waals surface area contributed by atoms with Crippen molar-refractivity contribution < 1.29 is 38.6 Å². The van der Waals surface area contributed by atoms with Gasteiger partial charge in [0, 0.05) is 12.8 Å². The molecule has 172 valence electrons. The monoisotopic (exact) mass is 431 g/mol. The molecule has 0 fully saturated rings. The minimum absolute atomic E-state index is 0.0881. The Bertz CT molecular complexity index is 582. The highest BCUT2D eigenvalue weighted by atomic mass is 16.5. The van der Waals surface area contributed by atoms with Crippen molar-refractivity contribution >= 4 is 29.8 Å². The minimum atomic E-state index is -1.36. The van der Waals surface area contributed by atoms with Crippen molar-refractivity contribution in [3.8, 4) is 0 Å². The van der Waals surface area contributed by atoms with Crippen molar-refractivity contribution in [1.82, 2.24) is 10.6 Å². The predicted octanol–water partition coefficient (Wildman–Crippen LogP) is 0.840. The molecule has 11 nitrogen and oxygen atoms in total. The second kappa shape index (κ2) is 16.0. The first kappa shape index (κ1) is 27.1. The number of carboxylic acids is 1. The second-order valence-corrected chi connectivity index (χ2v) is 6.70. The van der Waals surface area contributed by atoms with Crippen molar-refractivity contribution in [2.24, 2.45) is 5.73 Å². The molecule has 5 N–H and O–H groups in total. The molecular weight excluding hydrogens is 398 g/mol. The van der Waals surface area contributed by atoms with E-state index in [1.54, 1.807) is 0 Å². The van der Waals surface area contributed by atoms with Crippen molar-refractivity contribution in [2.45, 2.75) is 77.3 Å². The number of nitrogens with one attached hydrogen (secondary N) is 2. The van der Waals surface area contributed by atoms with E-state index in [1.807, 2.05) is 13.8 Å². The summed E-state index contributed by atoms with van der Waals surface area (Å²) in [7, 11) is 0. The predicted molar refractivity (Wildman–Crippen MR) is 106 cm³/mol. The molecule has 30 heavy (non-hydrogen) atoms. The Labute approximate surface area is 176 Å². The van der Waals surface area contributed by atoms with Crippen LogP contribution in [0.15, 0.2) is 0 Å². The first-order chi connectivity index (χ1) is 14.2. The molecule has 0 aliphatic heterocycles. The SMILES string of the molecule is CCCCOC(=O)CC[C@H](NC(=O)N[C@@H](CCC(N)=O)C(=O)OCCCC)C(=O)O. The number of carbonyl (C=O) groups excluding carboxylic acids is 4. The Morgan fingerprint density at radius 1 is 0.867 bits per heavy atom. The van der Waals surface area contributed by atoms with Gasteiger partial charge in [0.2, 0.25) is 5.91 Å². The van der Waals surface area contributed by atoms with E-state index in [2.05, 4.69) is 10.6 Å². The van der Waals surface area contributed by atoms with Crippen LogP contribution in [0.1, 0.15) is 65.2 Å². The van der Waals surface area contributed by atoms with Crippen LogP contribution in [0.3, 0.4) is 0 Å². The molecular formula is C19H33N3O8. The standard InChI is InChI=1S/C19H33N3O8/c1-3-5-11-29-16(24)10-8-13(17(25)26)21-19(28)22-14(7-9-15(20)23)18(27)30-12-6-4-2/h13-14H,3-12H2,1-2H3,(H2,20,23)(H,25,26)(H2,21,22,28)/t13-,14-/m0/s1. The first-order valence-corrected chi connectivity index (χ1v) is 10.1. The number of rotatable bonds is 16. The number of carbonyl (C=O) groups is 5. The van der Waals surface area contributed by atoms with Crippen LogP contribution in [-0.2, 0) is 28.7 Å². The maximum Gasteiger partial charge on any atom is 0.328 e. The zero-order chi connectivity index (χ0) is 22.9. The summed E-state index contributed by atoms with van der Waals surface area (Å²) in [5.74, 6) is -3.30. The summed E-state index contributed by atoms with van der Waals surface area (Å²) in [5, 5.41) is 13.8. The summed E-state index contributed by atoms with van der Waals surface area (Å²) in [6.45, 7) is 4.26. The largest absolute Gasteiger partial charge is 0.480 e. The van der Waals surface area contributed by atoms with E-state index < -0.39 is 41.9 Å². The van der Waals surface area contributed by atoms with Crippen LogP contribution in [0.2, 0.25) is 0 Å². The number of primary amides is 1. The average Bonchev–Trinajstić information content (AvgIpc) is 2.68. The number of unbranched alkanes of at least 4 members (excludes halogenated alkanes) is 2. The number of carboxylic acid groups (broad SMARTS) is 1. The number of urea groups is 1. The van der Waals surface area contributed by atoms with Crippen LogP contribution in [0, 0.1) is 0 Å². The van der Waals surface area contributed by atoms with E-state index in [9.17, 15) is 29.1 Å². The lowest BCUT2D eigenvalue weighted by Crippen LogP contribution is -2.51. The summed E-state index contributed by atoms with van der Waals surface area (Å²) in [4.78, 5) is 58.3. The molecule has 0 aliphatic carbocycles. The van der Waals surface area contributed by atoms with Crippen LogP contribution in [0.4, 0.5) is 4.79 Å². The number of hydrogen-bond donors (Lipinski definition) is 4. The van der Waals surface area contributed by atoms with Gasteiger partial charge in [0.05, 0.1) is 13.2 Å². The summed E-state index contributed by atoms with van der Waals surface area (Å²) >= 11 is 0. The highest BCUT2D eigenvalue weighted by molar-refractivity contribution is 5.87. The topological polar surface area (TPSA) is 174 Å². The molecule has 0 aromatic heterocycles. The molecule has 0 aromatic carbocycles. The fourth-order valence-electron chi connectivity index (χ4n) is 2.23. The third-order valence-corrected chi connectivity index (χ3v) is 4.01. The maximum atomic E-state index is 12.2. The highest BCUT2D eigenvalue weighted by Gasteiger charge is 2.26. The molecule has 2 atom stereocenters. The quantitative estimate of drug-likeness (QED) is 0.205. The Morgan fingerprint density at radius 2 is 1.40 bits per heavy atom. The van der Waals surface area contributed by atoms with Crippen LogP contribution in [-0.4, -0.2) is 60.3 Å². The lowest BCUT2D eigenvalue weighted by molar-refractivity contribution is -0.146. The number of nitrogens with two attached hydrogens (primary N) is 1. The van der Waals surface area contributed by atoms with Gasteiger partial charge < -0.3 is 30.9 Å². The molecule has 3 amide bonds. The van der Waals surface area contributed by atoms with Crippen molar-refractivity contribution in [2.75, 3.05) is 13.2 Å². The molecule has 0 bridgehead atoms. The number of esters is 2. The Hall–Kier alpha value is -2.85. The lowest BCUT2D eigenvalue weighted by Gasteiger charge is -2.20. The fourth-order valence-corrected chi connectivity index (χ4v) is 2.23. The summed E-state index contributed by atoms with van der Waals surface area (Å²) in [6, 6.07) is -3.47. The fraction of sp³-hybridized carbons (Fsp3) is 0.737. The maximum absolute atomic E-state index is 12.2. The molecule has 0 radical (unpaired) electrons. The van der Waals surface area contributed by atoms with E-state index in [4.69, 9.17) is 15.2 Å². The van der Waals surface area contributed by atoms with Gasteiger partial charge >= 0.3 is 23.9 Å². The normalized spacial score (nSPS) is 12.3. The van der Waals surface area contributed by atoms with Gasteiger partial charge in [-0.1, -0.05) is 26.7 Å². The van der Waals surface area contributed by atoms with E-state index in [1.165, 1.54) is 0 Å². The van der Waals surface area contributed by atoms with E-state index >= 15 is 0 Å². The third-order valence-electron chi connectivity index (χ3n) is 4.01. The smallest absolute Gasteiger partial charge is 0.328 e. The first-order valence-electron chi connectivity index (χ1n) is 10.1. The Kier molecular flexibility index (Phi) is 14.5. The van der Waals surface area contributed by atoms with E-state index in [0.29, 0.717) is 12.8 Å². The number of hydrogen-bond acceptors (Lipinski definition) is 7. The Morgan fingerprint density at radius 3 is 1.93 bits per heavy atom. The molecule has 11 heteroatoms. The number of aliphatic carboxylic acids is 1. The van der Waals surface area contributed by atoms with Crippen LogP contribution in [0.5, 0.6) is 0 Å². The van der Waals surface area contributed by atoms with Crippen LogP contribution >= 0.6 is 0 Å². The van der Waals surface area contributed by atoms with Gasteiger partial charge in [-0.25, -0.2) is 14.4 Å². The Balaban J connectivity index is 4.75. The molecule has 0 rings (SSSR count). The van der Waals surface area contributed by atoms with Gasteiger partial charge in [0.25, 0.3) is 0 Å². The molecule has 0 saturated heterocycles. The van der Waals surface area contributed by atoms with Crippen molar-refractivity contribution in [1.29, 1.82) is 0 Å². The zero-order valence-electron chi connectivity index (χ0n) is 17.6. The van der Waals surface area contributed by atoms with Gasteiger partial charge in [-0.05, 0) is 25.7 Å². The number of amides is 3. The van der Waals surface area contributed by atoms with E-state index in [0.717, 1.165) is 12.8 Å². The number of ether oxygens (including phenoxy) is 2. The van der Waals surface area contributed by atoms with Gasteiger partial charge in [-0.15, -0.1) is 0 Å². The summed E-state index contributed by atoms with van der Waals surface area (Å²) < 4.78 is 9.99. The van der Waals surface area contributed by atoms with Gasteiger partial charge in [-0.3, -0.25) is 9.59 Å². The summed E-state index contributed by atoms with van der Waals surface area (Å²) in [5.41, 5.74) is 5.08. The molecule has 0 aromatic rings. The average molecular weight is 431 g/mol. The lowest BCUT2D eigenvalue weighted by atomic mass is 10.1. The van der Waals surface area contributed by atoms with Gasteiger partial charge in [-0.2, -0.15) is 0 Å². The van der Waals surface area contributed by atoms with Crippen molar-refractivity contribution in [3.05, 3.63) is 0 Å². The third kappa shape index (κ3) is 13.3. The molecule has 0 heterocycles. The highest BCUT2D eigenvalue weighted by Crippen LogP contribution is 2.04. The van der Waals surface area contributed by atoms with Crippen molar-refractivity contribution in [3.63, 3.8) is 0 Å². The summed E-state index contributed by atoms with van der Waals surface area (Å²) in [6.07, 6.45) is 2.37. The van der Waals surface area contributed by atoms with E-state index in [-0.39, 0.29) is 38.9 Å². The zero-order valence-corrected chi connectivity index (χ0v) is 17.6. The van der Waals surface area contributed by atoms with Gasteiger partial charge in [0.1, 0.15) is 12.1 Å². The second-order valence-electron chi connectivity index (χ2n) is 6.70. The molecule has 0 spiro atoms. The molecule has 0 aliphatic rings. The van der Waals surface area contributed by atoms with Crippen LogP contribution in [0.25, 0.3) is 0 Å².